The Kier molecular flexibility index (Phi) is 11.2. The number of aromatic amines is 1. The Morgan fingerprint density at radius 3 is 2.38 bits per heavy atom. The third-order valence-electron chi connectivity index (χ3n) is 14.5. The van der Waals surface area contributed by atoms with E-state index in [1.54, 1.807) is 68.5 Å². The van der Waals surface area contributed by atoms with Gasteiger partial charge in [-0.05, 0) is 144 Å². The Bertz CT molecular complexity index is 3360. The number of amides is 1. The molecule has 0 bridgehead atoms. The van der Waals surface area contributed by atoms with E-state index in [0.29, 0.717) is 63.2 Å². The fourth-order valence-electron chi connectivity index (χ4n) is 10.7. The molecule has 3 fully saturated rings. The molecule has 3 N–H and O–H groups in total. The molecule has 1 amide bonds. The number of rotatable bonds is 9. The molecule has 5 heterocycles. The minimum Gasteiger partial charge on any atom is -0.402 e. The first-order chi connectivity index (χ1) is 32.3. The molecule has 2 saturated carbocycles. The van der Waals surface area contributed by atoms with Crippen LogP contribution in [0.25, 0.3) is 16.6 Å². The highest BCUT2D eigenvalue weighted by Gasteiger charge is 2.59. The van der Waals surface area contributed by atoms with Crippen molar-refractivity contribution in [2.75, 3.05) is 20.2 Å². The lowest BCUT2D eigenvalue weighted by atomic mass is 9.83. The summed E-state index contributed by atoms with van der Waals surface area (Å²) in [7, 11) is -1.12. The second kappa shape index (κ2) is 16.6. The van der Waals surface area contributed by atoms with Gasteiger partial charge in [-0.2, -0.15) is 0 Å². The number of aliphatic imine (C=N–C) groups is 1. The summed E-state index contributed by atoms with van der Waals surface area (Å²) in [5.74, 6) is -0.634. The Morgan fingerprint density at radius 2 is 1.75 bits per heavy atom. The number of aryl methyl sites for hydroxylation is 2. The van der Waals surface area contributed by atoms with Crippen LogP contribution in [0.3, 0.4) is 0 Å². The Morgan fingerprint density at radius 1 is 1.01 bits per heavy atom. The van der Waals surface area contributed by atoms with Gasteiger partial charge in [-0.1, -0.05) is 29.7 Å². The van der Waals surface area contributed by atoms with Crippen LogP contribution >= 0.6 is 11.6 Å². The first kappa shape index (κ1) is 45.7. The number of benzene rings is 3. The van der Waals surface area contributed by atoms with E-state index >= 15 is 9.18 Å². The number of hydrogen-bond acceptors (Lipinski definition) is 10. The van der Waals surface area contributed by atoms with Crippen LogP contribution in [0.2, 0.25) is 5.02 Å². The van der Waals surface area contributed by atoms with Crippen molar-refractivity contribution in [3.8, 4) is 5.69 Å². The summed E-state index contributed by atoms with van der Waals surface area (Å²) < 4.78 is 49.0. The fourth-order valence-corrected chi connectivity index (χ4v) is 13.2. The molecule has 6 aromatic rings. The minimum absolute atomic E-state index is 0.0165. The van der Waals surface area contributed by atoms with Crippen molar-refractivity contribution in [1.29, 1.82) is 0 Å². The Balaban J connectivity index is 1.08. The molecule has 2 aliphatic carbocycles. The predicted octanol–water partition coefficient (Wildman–Crippen LogP) is 8.48. The lowest BCUT2D eigenvalue weighted by molar-refractivity contribution is -0.0592. The maximum Gasteiger partial charge on any atom is 0.438 e. The van der Waals surface area contributed by atoms with E-state index in [2.05, 4.69) is 53.5 Å². The Hall–Kier alpha value is -6.04. The molecule has 2 aliphatic heterocycles. The second-order valence-corrected chi connectivity index (χ2v) is 22.6. The molecule has 0 spiro atoms. The third kappa shape index (κ3) is 7.57. The molecule has 68 heavy (non-hydrogen) atoms. The van der Waals surface area contributed by atoms with Gasteiger partial charge in [0.25, 0.3) is 5.91 Å². The molecular weight excluding hydrogens is 909 g/mol. The van der Waals surface area contributed by atoms with Crippen LogP contribution in [-0.2, 0) is 20.0 Å². The lowest BCUT2D eigenvalue weighted by Gasteiger charge is -2.37. The molecule has 4 aliphatic rings. The van der Waals surface area contributed by atoms with Crippen LogP contribution in [0, 0.1) is 25.6 Å². The normalized spacial score (nSPS) is 23.8. The quantitative estimate of drug-likeness (QED) is 0.107. The summed E-state index contributed by atoms with van der Waals surface area (Å²) in [6.45, 7) is 12.3. The van der Waals surface area contributed by atoms with Gasteiger partial charge in [-0.25, -0.2) is 27.5 Å². The molecule has 0 radical (unpaired) electrons. The fraction of sp³-hybridized carbons (Fsp3) is 0.420. The van der Waals surface area contributed by atoms with Gasteiger partial charge in [0.05, 0.1) is 37.8 Å². The smallest absolute Gasteiger partial charge is 0.402 e. The first-order valence-electron chi connectivity index (χ1n) is 23.1. The van der Waals surface area contributed by atoms with Crippen LogP contribution < -0.4 is 17.2 Å². The van der Waals surface area contributed by atoms with E-state index in [1.807, 2.05) is 17.6 Å². The van der Waals surface area contributed by atoms with Gasteiger partial charge in [0.2, 0.25) is 0 Å². The number of imidazole rings is 1. The largest absolute Gasteiger partial charge is 0.438 e. The van der Waals surface area contributed by atoms with Crippen LogP contribution in [0.5, 0.6) is 0 Å². The van der Waals surface area contributed by atoms with Gasteiger partial charge in [-0.3, -0.25) is 23.4 Å². The lowest BCUT2D eigenvalue weighted by Crippen LogP contribution is -2.49. The number of ether oxygens (including phenoxy) is 1. The summed E-state index contributed by atoms with van der Waals surface area (Å²) in [5.41, 5.74) is 9.94. The number of carbonyl (C=O) groups excluding carboxylic acids is 1. The standard InChI is InChI=1S/C50H55ClFN9O6S/c1-27-20-34(21-28(2)43(27)52)55-44(60-18-17-59(48(60)64)40-13-11-36(24-37(40)51)68(65,54-7)35-9-10-35)42-30(4)58(16-14-38(42)53)45(62)41-23-33-22-31(32-15-19-66-49(5,6)26-32)8-12-39(33)61(41)50(25-29(50)3)46-56-47(63)67-57-46/h8,11-13,17-18,20-24,29-30,32,35H,9-10,14-16,19,25-26,53H2,1-7H3,(H,56,57,63)/t29-,30-,32-,50-,68?/m0/s1. The zero-order chi connectivity index (χ0) is 48.2. The van der Waals surface area contributed by atoms with Crippen molar-refractivity contribution >= 4 is 49.7 Å². The molecule has 3 aromatic carbocycles. The van der Waals surface area contributed by atoms with Gasteiger partial charge < -0.3 is 19.9 Å². The molecular formula is C50H55ClFN9O6S. The van der Waals surface area contributed by atoms with Crippen LogP contribution in [0.15, 0.2) is 107 Å². The number of hydrogen-bond donors (Lipinski definition) is 2. The summed E-state index contributed by atoms with van der Waals surface area (Å²) in [6.07, 6.45) is 7.32. The average molecular weight is 965 g/mol. The van der Waals surface area contributed by atoms with Gasteiger partial charge in [0.1, 0.15) is 22.9 Å². The highest BCUT2D eigenvalue weighted by molar-refractivity contribution is 7.94. The summed E-state index contributed by atoms with van der Waals surface area (Å²) >= 11 is 6.88. The number of nitrogens with zero attached hydrogens (tertiary/aromatic N) is 7. The highest BCUT2D eigenvalue weighted by Crippen LogP contribution is 2.56. The number of H-pyrrole nitrogens is 1. The zero-order valence-corrected chi connectivity index (χ0v) is 40.7. The average Bonchev–Trinajstić information content (AvgIpc) is 4.13. The first-order valence-corrected chi connectivity index (χ1v) is 25.1. The number of nitrogens with two attached hydrogens (primary N) is 1. The molecule has 15 nitrogen and oxygen atoms in total. The number of carbonyl (C=O) groups is 1. The topological polar surface area (TPSA) is 188 Å². The van der Waals surface area contributed by atoms with Crippen molar-refractivity contribution in [3.63, 3.8) is 0 Å². The molecule has 356 valence electrons. The summed E-state index contributed by atoms with van der Waals surface area (Å²) in [4.78, 5) is 52.8. The monoisotopic (exact) mass is 963 g/mol. The van der Waals surface area contributed by atoms with E-state index < -0.39 is 32.8 Å². The van der Waals surface area contributed by atoms with E-state index in [-0.39, 0.29) is 58.2 Å². The summed E-state index contributed by atoms with van der Waals surface area (Å²) in [5, 5.41) is 5.21. The molecule has 18 heteroatoms. The zero-order valence-electron chi connectivity index (χ0n) is 39.1. The van der Waals surface area contributed by atoms with Crippen LogP contribution in [-0.4, -0.2) is 81.8 Å². The van der Waals surface area contributed by atoms with Gasteiger partial charge in [0, 0.05) is 71.3 Å². The summed E-state index contributed by atoms with van der Waals surface area (Å²) in [6, 6.07) is 15.7. The molecule has 10 rings (SSSR count). The van der Waals surface area contributed by atoms with E-state index in [1.165, 1.54) is 9.13 Å². The van der Waals surface area contributed by atoms with E-state index in [0.717, 1.165) is 42.1 Å². The van der Waals surface area contributed by atoms with Crippen molar-refractivity contribution in [2.45, 2.75) is 113 Å². The Labute approximate surface area is 398 Å². The van der Waals surface area contributed by atoms with E-state index in [4.69, 9.17) is 31.6 Å². The minimum atomic E-state index is -2.67. The number of fused-ring (bicyclic) bond motifs is 1. The number of nitrogens with one attached hydrogen (secondary N) is 1. The highest BCUT2D eigenvalue weighted by atomic mass is 35.5. The van der Waals surface area contributed by atoms with Crippen LogP contribution in [0.1, 0.15) is 105 Å². The molecule has 1 unspecified atom stereocenters. The van der Waals surface area contributed by atoms with Crippen molar-refractivity contribution < 1.29 is 22.7 Å². The second-order valence-electron chi connectivity index (χ2n) is 19.5. The molecule has 3 aromatic heterocycles. The van der Waals surface area contributed by atoms with Crippen molar-refractivity contribution in [2.24, 2.45) is 21.0 Å². The molecule has 5 atom stereocenters. The van der Waals surface area contributed by atoms with Gasteiger partial charge in [0.15, 0.2) is 5.82 Å². The van der Waals surface area contributed by atoms with E-state index in [9.17, 15) is 13.8 Å². The van der Waals surface area contributed by atoms with Crippen LogP contribution in [0.4, 0.5) is 10.1 Å². The maximum absolute atomic E-state index is 15.6. The van der Waals surface area contributed by atoms with Crippen molar-refractivity contribution in [1.82, 2.24) is 28.7 Å². The number of halogens is 2. The van der Waals surface area contributed by atoms with Crippen molar-refractivity contribution in [3.05, 3.63) is 138 Å². The van der Waals surface area contributed by atoms with Gasteiger partial charge in [-0.15, -0.1) is 0 Å². The predicted molar refractivity (Wildman–Crippen MR) is 259 cm³/mol. The third-order valence-corrected chi connectivity index (χ3v) is 17.7. The maximum atomic E-state index is 15.6. The van der Waals surface area contributed by atoms with Gasteiger partial charge >= 0.3 is 11.4 Å². The SMILES string of the molecule is CN=S(=O)(c1ccc(-n2ccn(C(=Nc3cc(C)c(F)c(C)c3)C3=C(N)CCN(C(=O)c4cc5cc([C@H]6CCOC(C)(C)C6)ccc5n4[C@@]4(c5noc(=O)[nH]5)C[C@@H]4C)[C@H]3C)c2=O)c(Cl)c1)C1CC1. The number of aromatic nitrogens is 5. The molecule has 1 saturated heterocycles.